The molecule has 1 N–H and O–H groups in total. The SMILES string of the molecule is S=c1nc(Cc2ccc(Cl)cc2Cl)[nH]c2c1CSC2. The summed E-state index contributed by atoms with van der Waals surface area (Å²) in [4.78, 5) is 7.82. The molecular weight excluding hydrogens is 319 g/mol. The van der Waals surface area contributed by atoms with Gasteiger partial charge in [-0.15, -0.1) is 0 Å². The molecule has 3 rings (SSSR count). The lowest BCUT2D eigenvalue weighted by Gasteiger charge is -2.07. The van der Waals surface area contributed by atoms with Crippen LogP contribution in [0.4, 0.5) is 0 Å². The van der Waals surface area contributed by atoms with Crippen molar-refractivity contribution in [3.63, 3.8) is 0 Å². The van der Waals surface area contributed by atoms with Gasteiger partial charge in [0.1, 0.15) is 10.5 Å². The number of hydrogen-bond donors (Lipinski definition) is 1. The van der Waals surface area contributed by atoms with Gasteiger partial charge in [-0.1, -0.05) is 41.5 Å². The minimum absolute atomic E-state index is 0.636. The van der Waals surface area contributed by atoms with Gasteiger partial charge in [0.2, 0.25) is 0 Å². The predicted molar refractivity (Wildman–Crippen MR) is 83.7 cm³/mol. The van der Waals surface area contributed by atoms with Crippen LogP contribution in [-0.2, 0) is 17.9 Å². The third-order valence-corrected chi connectivity index (χ3v) is 4.93. The van der Waals surface area contributed by atoms with E-state index in [1.54, 1.807) is 6.07 Å². The highest BCUT2D eigenvalue weighted by atomic mass is 35.5. The Morgan fingerprint density at radius 2 is 2.16 bits per heavy atom. The van der Waals surface area contributed by atoms with Gasteiger partial charge in [0.15, 0.2) is 0 Å². The maximum absolute atomic E-state index is 6.18. The Hall–Kier alpha value is -0.550. The lowest BCUT2D eigenvalue weighted by Crippen LogP contribution is -2.02. The summed E-state index contributed by atoms with van der Waals surface area (Å²) in [7, 11) is 0. The molecule has 2 heterocycles. The molecule has 1 aliphatic rings. The standard InChI is InChI=1S/C13H10Cl2N2S2/c14-8-2-1-7(10(15)4-8)3-12-16-11-6-19-5-9(11)13(18)17-12/h1-2,4H,3,5-6H2,(H,16,17,18). The van der Waals surface area contributed by atoms with Crippen LogP contribution >= 0.6 is 47.2 Å². The van der Waals surface area contributed by atoms with E-state index in [0.29, 0.717) is 21.1 Å². The van der Waals surface area contributed by atoms with Gasteiger partial charge in [0, 0.05) is 39.2 Å². The third kappa shape index (κ3) is 2.82. The van der Waals surface area contributed by atoms with Crippen molar-refractivity contribution in [2.24, 2.45) is 0 Å². The van der Waals surface area contributed by atoms with Crippen LogP contribution in [0.25, 0.3) is 0 Å². The Morgan fingerprint density at radius 1 is 1.32 bits per heavy atom. The number of H-pyrrole nitrogens is 1. The van der Waals surface area contributed by atoms with Crippen molar-refractivity contribution < 1.29 is 0 Å². The van der Waals surface area contributed by atoms with E-state index in [-0.39, 0.29) is 0 Å². The number of nitrogens with zero attached hydrogens (tertiary/aromatic N) is 1. The Bertz CT molecular complexity index is 698. The Balaban J connectivity index is 1.96. The number of aromatic nitrogens is 2. The Kier molecular flexibility index (Phi) is 3.85. The lowest BCUT2D eigenvalue weighted by molar-refractivity contribution is 0.919. The fraction of sp³-hybridized carbons (Fsp3) is 0.231. The number of benzene rings is 1. The zero-order valence-corrected chi connectivity index (χ0v) is 13.0. The number of hydrogen-bond acceptors (Lipinski definition) is 3. The zero-order chi connectivity index (χ0) is 13.4. The molecule has 1 aromatic carbocycles. The number of thioether (sulfide) groups is 1. The van der Waals surface area contributed by atoms with Gasteiger partial charge in [0.25, 0.3) is 0 Å². The molecule has 1 aromatic heterocycles. The molecule has 0 atom stereocenters. The Labute approximate surface area is 130 Å². The molecule has 2 aromatic rings. The van der Waals surface area contributed by atoms with Crippen LogP contribution < -0.4 is 0 Å². The van der Waals surface area contributed by atoms with E-state index in [1.807, 2.05) is 23.9 Å². The van der Waals surface area contributed by atoms with Crippen LogP contribution in [-0.4, -0.2) is 9.97 Å². The highest BCUT2D eigenvalue weighted by Crippen LogP contribution is 2.29. The number of nitrogens with one attached hydrogen (secondary N) is 1. The lowest BCUT2D eigenvalue weighted by atomic mass is 10.1. The van der Waals surface area contributed by atoms with E-state index in [1.165, 1.54) is 11.3 Å². The van der Waals surface area contributed by atoms with Crippen molar-refractivity contribution >= 4 is 47.2 Å². The fourth-order valence-corrected chi connectivity index (χ4v) is 3.99. The summed E-state index contributed by atoms with van der Waals surface area (Å²) >= 11 is 19.3. The van der Waals surface area contributed by atoms with E-state index in [0.717, 1.165) is 22.9 Å². The molecule has 0 unspecified atom stereocenters. The van der Waals surface area contributed by atoms with E-state index in [9.17, 15) is 0 Å². The van der Waals surface area contributed by atoms with Crippen molar-refractivity contribution in [3.05, 3.63) is 55.5 Å². The summed E-state index contributed by atoms with van der Waals surface area (Å²) in [5.41, 5.74) is 3.37. The smallest absolute Gasteiger partial charge is 0.134 e. The summed E-state index contributed by atoms with van der Waals surface area (Å²) in [5.74, 6) is 2.79. The molecule has 1 aliphatic heterocycles. The van der Waals surface area contributed by atoms with Crippen LogP contribution in [0.3, 0.4) is 0 Å². The van der Waals surface area contributed by atoms with E-state index in [2.05, 4.69) is 9.97 Å². The first-order chi connectivity index (χ1) is 9.13. The van der Waals surface area contributed by atoms with Crippen LogP contribution in [0.1, 0.15) is 22.6 Å². The van der Waals surface area contributed by atoms with Gasteiger partial charge < -0.3 is 4.98 Å². The minimum Gasteiger partial charge on any atom is -0.346 e. The van der Waals surface area contributed by atoms with Crippen molar-refractivity contribution in [2.75, 3.05) is 0 Å². The first kappa shape index (κ1) is 13.4. The molecule has 0 fully saturated rings. The van der Waals surface area contributed by atoms with Crippen molar-refractivity contribution in [3.8, 4) is 0 Å². The molecular formula is C13H10Cl2N2S2. The van der Waals surface area contributed by atoms with Crippen molar-refractivity contribution in [1.82, 2.24) is 9.97 Å². The topological polar surface area (TPSA) is 28.7 Å². The summed E-state index contributed by atoms with van der Waals surface area (Å²) in [6.07, 6.45) is 0.636. The normalized spacial score (nSPS) is 13.6. The van der Waals surface area contributed by atoms with Crippen molar-refractivity contribution in [1.29, 1.82) is 0 Å². The molecule has 0 bridgehead atoms. The van der Waals surface area contributed by atoms with Gasteiger partial charge in [-0.05, 0) is 17.7 Å². The number of fused-ring (bicyclic) bond motifs is 1. The average Bonchev–Trinajstić information content (AvgIpc) is 2.81. The quantitative estimate of drug-likeness (QED) is 0.804. The number of halogens is 2. The van der Waals surface area contributed by atoms with Gasteiger partial charge in [0.05, 0.1) is 0 Å². The maximum atomic E-state index is 6.18. The van der Waals surface area contributed by atoms with Gasteiger partial charge in [-0.3, -0.25) is 0 Å². The van der Waals surface area contributed by atoms with E-state index < -0.39 is 0 Å². The third-order valence-electron chi connectivity index (χ3n) is 3.02. The number of aromatic amines is 1. The molecule has 2 nitrogen and oxygen atoms in total. The predicted octanol–water partition coefficient (Wildman–Crippen LogP) is 4.78. The van der Waals surface area contributed by atoms with E-state index in [4.69, 9.17) is 35.4 Å². The molecule has 0 radical (unpaired) electrons. The monoisotopic (exact) mass is 328 g/mol. The summed E-state index contributed by atoms with van der Waals surface area (Å²) in [5, 5.41) is 1.29. The molecule has 0 spiro atoms. The van der Waals surface area contributed by atoms with Crippen LogP contribution in [0.15, 0.2) is 18.2 Å². The second-order valence-corrected chi connectivity index (χ2v) is 6.57. The molecule has 98 valence electrons. The van der Waals surface area contributed by atoms with Gasteiger partial charge in [-0.25, -0.2) is 4.98 Å². The first-order valence-corrected chi connectivity index (χ1v) is 8.08. The molecule has 0 saturated carbocycles. The zero-order valence-electron chi connectivity index (χ0n) is 9.87. The maximum Gasteiger partial charge on any atom is 0.134 e. The van der Waals surface area contributed by atoms with E-state index >= 15 is 0 Å². The molecule has 6 heteroatoms. The van der Waals surface area contributed by atoms with Gasteiger partial charge in [-0.2, -0.15) is 11.8 Å². The Morgan fingerprint density at radius 3 is 2.95 bits per heavy atom. The summed E-state index contributed by atoms with van der Waals surface area (Å²) < 4.78 is 0.707. The molecule has 0 saturated heterocycles. The summed E-state index contributed by atoms with van der Waals surface area (Å²) in [6, 6.07) is 5.50. The largest absolute Gasteiger partial charge is 0.346 e. The highest BCUT2D eigenvalue weighted by Gasteiger charge is 2.15. The fourth-order valence-electron chi connectivity index (χ4n) is 2.05. The molecule has 19 heavy (non-hydrogen) atoms. The minimum atomic E-state index is 0.636. The second kappa shape index (κ2) is 5.44. The first-order valence-electron chi connectivity index (χ1n) is 5.76. The van der Waals surface area contributed by atoms with Crippen LogP contribution in [0.5, 0.6) is 0 Å². The van der Waals surface area contributed by atoms with Crippen LogP contribution in [0.2, 0.25) is 10.0 Å². The molecule has 0 aliphatic carbocycles. The number of rotatable bonds is 2. The summed E-state index contributed by atoms with van der Waals surface area (Å²) in [6.45, 7) is 0. The van der Waals surface area contributed by atoms with Crippen molar-refractivity contribution in [2.45, 2.75) is 17.9 Å². The second-order valence-electron chi connectivity index (χ2n) is 4.35. The molecule has 0 amide bonds. The highest BCUT2D eigenvalue weighted by molar-refractivity contribution is 7.98. The average molecular weight is 329 g/mol. The van der Waals surface area contributed by atoms with Crippen LogP contribution in [0, 0.1) is 4.64 Å². The van der Waals surface area contributed by atoms with Gasteiger partial charge >= 0.3 is 0 Å².